The van der Waals surface area contributed by atoms with E-state index in [1.165, 1.54) is 36.6 Å². The van der Waals surface area contributed by atoms with Gasteiger partial charge in [0.2, 0.25) is 0 Å². The summed E-state index contributed by atoms with van der Waals surface area (Å²) in [5.41, 5.74) is 2.48. The maximum atomic E-state index is 6.60. The van der Waals surface area contributed by atoms with Crippen molar-refractivity contribution in [3.63, 3.8) is 0 Å². The van der Waals surface area contributed by atoms with Crippen molar-refractivity contribution in [2.45, 2.75) is 43.4 Å². The number of fused-ring (bicyclic) bond motifs is 1. The second-order valence-electron chi connectivity index (χ2n) is 5.18. The monoisotopic (exact) mass is 259 g/mol. The first-order valence-electron chi connectivity index (χ1n) is 6.84. The molecular weight excluding hydrogens is 242 g/mol. The van der Waals surface area contributed by atoms with Gasteiger partial charge in [-0.15, -0.1) is 11.6 Å². The molecule has 1 nitrogen and oxygen atoms in total. The molecule has 1 aromatic carbocycles. The van der Waals surface area contributed by atoms with E-state index in [4.69, 9.17) is 11.6 Å². The molecule has 0 saturated heterocycles. The summed E-state index contributed by atoms with van der Waals surface area (Å²) >= 11 is 6.60. The van der Waals surface area contributed by atoms with Crippen LogP contribution in [0.1, 0.15) is 43.6 Å². The number of hydrogen-bond donors (Lipinski definition) is 0. The van der Waals surface area contributed by atoms with Crippen molar-refractivity contribution in [1.82, 2.24) is 4.98 Å². The van der Waals surface area contributed by atoms with Gasteiger partial charge in [0.15, 0.2) is 0 Å². The van der Waals surface area contributed by atoms with Crippen molar-refractivity contribution in [3.8, 4) is 0 Å². The van der Waals surface area contributed by atoms with E-state index >= 15 is 0 Å². The lowest BCUT2D eigenvalue weighted by Gasteiger charge is -2.21. The summed E-state index contributed by atoms with van der Waals surface area (Å²) in [4.78, 5) is 4.44. The van der Waals surface area contributed by atoms with Crippen molar-refractivity contribution in [3.05, 3.63) is 42.1 Å². The van der Waals surface area contributed by atoms with Crippen molar-refractivity contribution < 1.29 is 0 Å². The highest BCUT2D eigenvalue weighted by atomic mass is 35.5. The first-order valence-corrected chi connectivity index (χ1v) is 7.27. The third-order valence-corrected chi connectivity index (χ3v) is 4.53. The topological polar surface area (TPSA) is 12.9 Å². The zero-order valence-corrected chi connectivity index (χ0v) is 11.2. The lowest BCUT2D eigenvalue weighted by atomic mass is 9.89. The van der Waals surface area contributed by atoms with Crippen LogP contribution in [0.4, 0.5) is 0 Å². The summed E-state index contributed by atoms with van der Waals surface area (Å²) in [5.74, 6) is 0.488. The molecule has 1 aliphatic carbocycles. The SMILES string of the molecule is ClC1CCCCCC1c1cccc2ncccc12. The molecule has 18 heavy (non-hydrogen) atoms. The van der Waals surface area contributed by atoms with Gasteiger partial charge in [0.1, 0.15) is 0 Å². The first-order chi connectivity index (χ1) is 8.86. The van der Waals surface area contributed by atoms with E-state index in [1.54, 1.807) is 0 Å². The van der Waals surface area contributed by atoms with Crippen LogP contribution < -0.4 is 0 Å². The zero-order chi connectivity index (χ0) is 12.4. The predicted molar refractivity (Wildman–Crippen MR) is 77.2 cm³/mol. The first kappa shape index (κ1) is 12.0. The van der Waals surface area contributed by atoms with E-state index in [2.05, 4.69) is 29.2 Å². The summed E-state index contributed by atoms with van der Waals surface area (Å²) in [6.45, 7) is 0. The molecule has 1 aromatic heterocycles. The van der Waals surface area contributed by atoms with Gasteiger partial charge in [-0.25, -0.2) is 0 Å². The van der Waals surface area contributed by atoms with E-state index in [0.717, 1.165) is 11.9 Å². The average Bonchev–Trinajstić information content (AvgIpc) is 2.63. The highest BCUT2D eigenvalue weighted by molar-refractivity contribution is 6.21. The van der Waals surface area contributed by atoms with Gasteiger partial charge in [-0.2, -0.15) is 0 Å². The molecular formula is C16H18ClN. The predicted octanol–water partition coefficient (Wildman–Crippen LogP) is 4.89. The van der Waals surface area contributed by atoms with Crippen LogP contribution in [0.3, 0.4) is 0 Å². The number of hydrogen-bond acceptors (Lipinski definition) is 1. The Labute approximate surface area is 113 Å². The number of aromatic nitrogens is 1. The summed E-state index contributed by atoms with van der Waals surface area (Å²) < 4.78 is 0. The highest BCUT2D eigenvalue weighted by Gasteiger charge is 2.24. The van der Waals surface area contributed by atoms with E-state index < -0.39 is 0 Å². The van der Waals surface area contributed by atoms with E-state index in [9.17, 15) is 0 Å². The molecule has 3 rings (SSSR count). The van der Waals surface area contributed by atoms with Gasteiger partial charge in [-0.1, -0.05) is 37.5 Å². The molecule has 0 N–H and O–H groups in total. The number of pyridine rings is 1. The Hall–Kier alpha value is -1.08. The van der Waals surface area contributed by atoms with Gasteiger partial charge in [0.05, 0.1) is 5.52 Å². The quantitative estimate of drug-likeness (QED) is 0.525. The minimum Gasteiger partial charge on any atom is -0.256 e. The molecule has 1 saturated carbocycles. The smallest absolute Gasteiger partial charge is 0.0704 e. The number of halogens is 1. The van der Waals surface area contributed by atoms with Crippen LogP contribution in [0.5, 0.6) is 0 Å². The average molecular weight is 260 g/mol. The Kier molecular flexibility index (Phi) is 3.51. The normalized spacial score (nSPS) is 24.9. The fraction of sp³-hybridized carbons (Fsp3) is 0.438. The van der Waals surface area contributed by atoms with Gasteiger partial charge in [-0.05, 0) is 30.5 Å². The maximum Gasteiger partial charge on any atom is 0.0704 e. The second kappa shape index (κ2) is 5.27. The summed E-state index contributed by atoms with van der Waals surface area (Å²) in [6, 6.07) is 10.6. The van der Waals surface area contributed by atoms with Crippen molar-refractivity contribution >= 4 is 22.5 Å². The fourth-order valence-corrected chi connectivity index (χ4v) is 3.48. The number of rotatable bonds is 1. The van der Waals surface area contributed by atoms with E-state index in [1.807, 2.05) is 12.3 Å². The lowest BCUT2D eigenvalue weighted by Crippen LogP contribution is -2.11. The Morgan fingerprint density at radius 2 is 1.89 bits per heavy atom. The Balaban J connectivity index is 2.07. The van der Waals surface area contributed by atoms with E-state index in [-0.39, 0.29) is 5.38 Å². The van der Waals surface area contributed by atoms with Crippen molar-refractivity contribution in [1.29, 1.82) is 0 Å². The van der Waals surface area contributed by atoms with Gasteiger partial charge in [-0.3, -0.25) is 4.98 Å². The molecule has 2 heteroatoms. The maximum absolute atomic E-state index is 6.60. The third kappa shape index (κ3) is 2.24. The molecule has 0 bridgehead atoms. The third-order valence-electron chi connectivity index (χ3n) is 4.01. The van der Waals surface area contributed by atoms with Gasteiger partial charge < -0.3 is 0 Å². The largest absolute Gasteiger partial charge is 0.256 e. The molecule has 0 aliphatic heterocycles. The van der Waals surface area contributed by atoms with Crippen LogP contribution in [-0.2, 0) is 0 Å². The van der Waals surface area contributed by atoms with E-state index in [0.29, 0.717) is 5.92 Å². The Bertz CT molecular complexity index is 532. The minimum absolute atomic E-state index is 0.276. The van der Waals surface area contributed by atoms with Crippen LogP contribution in [0.2, 0.25) is 0 Å². The molecule has 1 fully saturated rings. The Morgan fingerprint density at radius 3 is 2.83 bits per heavy atom. The van der Waals surface area contributed by atoms with Crippen LogP contribution in [0, 0.1) is 0 Å². The summed E-state index contributed by atoms with van der Waals surface area (Å²) in [7, 11) is 0. The van der Waals surface area contributed by atoms with Gasteiger partial charge >= 0.3 is 0 Å². The minimum atomic E-state index is 0.276. The number of alkyl halides is 1. The standard InChI is InChI=1S/C16H18ClN/c17-15-9-3-1-2-6-13(15)12-7-4-10-16-14(12)8-5-11-18-16/h4-5,7-8,10-11,13,15H,1-3,6,9H2. The van der Waals surface area contributed by atoms with Crippen molar-refractivity contribution in [2.24, 2.45) is 0 Å². The molecule has 0 amide bonds. The molecule has 94 valence electrons. The fourth-order valence-electron chi connectivity index (χ4n) is 3.06. The zero-order valence-electron chi connectivity index (χ0n) is 10.5. The van der Waals surface area contributed by atoms with Crippen molar-refractivity contribution in [2.75, 3.05) is 0 Å². The molecule has 1 heterocycles. The second-order valence-corrected chi connectivity index (χ2v) is 5.74. The van der Waals surface area contributed by atoms with Crippen LogP contribution in [-0.4, -0.2) is 10.4 Å². The van der Waals surface area contributed by atoms with Crippen LogP contribution in [0.15, 0.2) is 36.5 Å². The summed E-state index contributed by atoms with van der Waals surface area (Å²) in [6.07, 6.45) is 8.10. The molecule has 0 spiro atoms. The molecule has 2 atom stereocenters. The lowest BCUT2D eigenvalue weighted by molar-refractivity contribution is 0.604. The molecule has 2 unspecified atom stereocenters. The summed E-state index contributed by atoms with van der Waals surface area (Å²) in [5, 5.41) is 1.55. The van der Waals surface area contributed by atoms with Crippen LogP contribution >= 0.6 is 11.6 Å². The Morgan fingerprint density at radius 1 is 1.00 bits per heavy atom. The van der Waals surface area contributed by atoms with Crippen LogP contribution in [0.25, 0.3) is 10.9 Å². The number of nitrogens with zero attached hydrogens (tertiary/aromatic N) is 1. The molecule has 2 aromatic rings. The molecule has 0 radical (unpaired) electrons. The molecule has 1 aliphatic rings. The highest BCUT2D eigenvalue weighted by Crippen LogP contribution is 2.37. The van der Waals surface area contributed by atoms with Gasteiger partial charge in [0.25, 0.3) is 0 Å². The number of benzene rings is 1. The van der Waals surface area contributed by atoms with Gasteiger partial charge in [0, 0.05) is 22.9 Å².